The number of benzene rings is 2. The van der Waals surface area contributed by atoms with Gasteiger partial charge in [-0.15, -0.1) is 0 Å². The summed E-state index contributed by atoms with van der Waals surface area (Å²) in [6.07, 6.45) is -0.0519. The lowest BCUT2D eigenvalue weighted by atomic mass is 10.2. The largest absolute Gasteiger partial charge is 0.369 e. The van der Waals surface area contributed by atoms with Crippen LogP contribution < -0.4 is 21.7 Å². The molecule has 5 N–H and O–H groups in total. The summed E-state index contributed by atoms with van der Waals surface area (Å²) in [6.45, 7) is 0.399. The second kappa shape index (κ2) is 8.61. The summed E-state index contributed by atoms with van der Waals surface area (Å²) >= 11 is 0. The topological polar surface area (TPSA) is 121 Å². The van der Waals surface area contributed by atoms with Gasteiger partial charge in [0.25, 0.3) is 5.91 Å². The molecule has 138 valence electrons. The van der Waals surface area contributed by atoms with Crippen molar-refractivity contribution in [3.05, 3.63) is 66.2 Å². The van der Waals surface area contributed by atoms with Crippen LogP contribution in [0.1, 0.15) is 12.0 Å². The summed E-state index contributed by atoms with van der Waals surface area (Å²) in [7, 11) is 0. The van der Waals surface area contributed by atoms with Crippen LogP contribution in [0, 0.1) is 0 Å². The predicted octanol–water partition coefficient (Wildman–Crippen LogP) is 0.974. The Morgan fingerprint density at radius 3 is 2.48 bits per heavy atom. The molecule has 2 aromatic rings. The molecule has 0 aliphatic carbocycles. The molecule has 0 bridgehead atoms. The Balaban J connectivity index is 1.54. The Bertz CT molecular complexity index is 864. The molecule has 0 unspecified atom stereocenters. The molecule has 1 aliphatic heterocycles. The Morgan fingerprint density at radius 1 is 1.11 bits per heavy atom. The molecule has 3 rings (SSSR count). The minimum absolute atomic E-state index is 0.0519. The first-order chi connectivity index (χ1) is 13.1. The Kier molecular flexibility index (Phi) is 5.78. The molecular weight excluding hydrogens is 344 g/mol. The van der Waals surface area contributed by atoms with Crippen LogP contribution >= 0.6 is 0 Å². The van der Waals surface area contributed by atoms with E-state index in [0.717, 1.165) is 11.3 Å². The number of carbonyl (C=O) groups excluding carboxylic acids is 2. The molecule has 27 heavy (non-hydrogen) atoms. The van der Waals surface area contributed by atoms with E-state index in [2.05, 4.69) is 25.9 Å². The lowest BCUT2D eigenvalue weighted by Gasteiger charge is -2.06. The van der Waals surface area contributed by atoms with E-state index in [9.17, 15) is 9.59 Å². The fourth-order valence-electron chi connectivity index (χ4n) is 2.48. The first-order valence-electron chi connectivity index (χ1n) is 8.45. The smallest absolute Gasteiger partial charge is 0.252 e. The van der Waals surface area contributed by atoms with E-state index in [-0.39, 0.29) is 30.2 Å². The van der Waals surface area contributed by atoms with E-state index in [1.807, 2.05) is 60.7 Å². The molecule has 2 amide bonds. The van der Waals surface area contributed by atoms with Crippen molar-refractivity contribution >= 4 is 29.4 Å². The van der Waals surface area contributed by atoms with Crippen LogP contribution in [-0.2, 0) is 16.1 Å². The monoisotopic (exact) mass is 364 g/mol. The number of amides is 2. The van der Waals surface area contributed by atoms with Crippen LogP contribution in [0.5, 0.6) is 0 Å². The molecule has 1 aliphatic rings. The maximum atomic E-state index is 12.1. The third-order valence-electron chi connectivity index (χ3n) is 3.80. The van der Waals surface area contributed by atoms with Gasteiger partial charge in [-0.05, 0) is 17.7 Å². The van der Waals surface area contributed by atoms with Crippen molar-refractivity contribution in [1.82, 2.24) is 10.6 Å². The summed E-state index contributed by atoms with van der Waals surface area (Å²) in [5.74, 6) is -0.462. The SMILES string of the molecule is NC(=NC1=N[C@@H](CC(=O)NCc2ccccc2)C(=O)N1)Nc1ccccc1. The molecule has 0 saturated carbocycles. The zero-order chi connectivity index (χ0) is 19.1. The number of nitrogens with one attached hydrogen (secondary N) is 3. The van der Waals surface area contributed by atoms with Gasteiger partial charge in [-0.3, -0.25) is 14.9 Å². The van der Waals surface area contributed by atoms with Crippen LogP contribution in [0.15, 0.2) is 70.6 Å². The van der Waals surface area contributed by atoms with Crippen LogP contribution in [-0.4, -0.2) is 29.8 Å². The zero-order valence-corrected chi connectivity index (χ0v) is 14.6. The maximum Gasteiger partial charge on any atom is 0.252 e. The number of carbonyl (C=O) groups is 2. The van der Waals surface area contributed by atoms with Crippen molar-refractivity contribution < 1.29 is 9.59 Å². The van der Waals surface area contributed by atoms with Crippen molar-refractivity contribution in [2.45, 2.75) is 19.0 Å². The maximum absolute atomic E-state index is 12.1. The molecule has 2 aromatic carbocycles. The molecular formula is C19H20N6O2. The highest BCUT2D eigenvalue weighted by atomic mass is 16.2. The summed E-state index contributed by atoms with van der Waals surface area (Å²) in [5, 5.41) is 8.19. The zero-order valence-electron chi connectivity index (χ0n) is 14.6. The lowest BCUT2D eigenvalue weighted by Crippen LogP contribution is -2.33. The predicted molar refractivity (Wildman–Crippen MR) is 104 cm³/mol. The van der Waals surface area contributed by atoms with Gasteiger partial charge >= 0.3 is 0 Å². The van der Waals surface area contributed by atoms with Crippen molar-refractivity contribution in [3.8, 4) is 0 Å². The van der Waals surface area contributed by atoms with Gasteiger partial charge in [0.05, 0.1) is 6.42 Å². The van der Waals surface area contributed by atoms with Crippen LogP contribution in [0.25, 0.3) is 0 Å². The second-order valence-electron chi connectivity index (χ2n) is 5.91. The van der Waals surface area contributed by atoms with Crippen molar-refractivity contribution in [1.29, 1.82) is 0 Å². The van der Waals surface area contributed by atoms with Crippen molar-refractivity contribution in [3.63, 3.8) is 0 Å². The standard InChI is InChI=1S/C19H20N6O2/c20-18(22-14-9-5-2-6-10-14)25-19-23-15(17(27)24-19)11-16(26)21-12-13-7-3-1-4-8-13/h1-10,15H,11-12H2,(H,21,26)(H4,20,22,23,24,25,27)/t15-/m0/s1. The molecule has 8 heteroatoms. The van der Waals surface area contributed by atoms with Gasteiger partial charge < -0.3 is 16.4 Å². The van der Waals surface area contributed by atoms with Gasteiger partial charge in [0.2, 0.25) is 17.8 Å². The third-order valence-corrected chi connectivity index (χ3v) is 3.80. The highest BCUT2D eigenvalue weighted by molar-refractivity contribution is 6.11. The van der Waals surface area contributed by atoms with Crippen LogP contribution in [0.2, 0.25) is 0 Å². The third kappa shape index (κ3) is 5.40. The first kappa shape index (κ1) is 18.1. The van der Waals surface area contributed by atoms with Gasteiger partial charge in [0.1, 0.15) is 6.04 Å². The number of aliphatic imine (C=N–C) groups is 2. The number of hydrogen-bond donors (Lipinski definition) is 4. The number of rotatable bonds is 5. The van der Waals surface area contributed by atoms with Crippen molar-refractivity contribution in [2.24, 2.45) is 15.7 Å². The Hall–Kier alpha value is -3.68. The average molecular weight is 364 g/mol. The molecule has 0 fully saturated rings. The molecule has 0 aromatic heterocycles. The van der Waals surface area contributed by atoms with Gasteiger partial charge in [-0.2, -0.15) is 4.99 Å². The van der Waals surface area contributed by atoms with Crippen LogP contribution in [0.3, 0.4) is 0 Å². The molecule has 0 spiro atoms. The minimum Gasteiger partial charge on any atom is -0.369 e. The number of hydrogen-bond acceptors (Lipinski definition) is 4. The minimum atomic E-state index is -0.816. The summed E-state index contributed by atoms with van der Waals surface area (Å²) < 4.78 is 0. The van der Waals surface area contributed by atoms with E-state index in [4.69, 9.17) is 5.73 Å². The van der Waals surface area contributed by atoms with Gasteiger partial charge in [-0.25, -0.2) is 4.99 Å². The summed E-state index contributed by atoms with van der Waals surface area (Å²) in [4.78, 5) is 32.2. The van der Waals surface area contributed by atoms with Crippen molar-refractivity contribution in [2.75, 3.05) is 5.32 Å². The second-order valence-corrected chi connectivity index (χ2v) is 5.91. The molecule has 1 atom stereocenters. The van der Waals surface area contributed by atoms with Gasteiger partial charge in [-0.1, -0.05) is 48.5 Å². The number of nitrogens with two attached hydrogens (primary N) is 1. The van der Waals surface area contributed by atoms with Crippen LogP contribution in [0.4, 0.5) is 5.69 Å². The fraction of sp³-hybridized carbons (Fsp3) is 0.158. The average Bonchev–Trinajstić information content (AvgIpc) is 3.00. The quantitative estimate of drug-likeness (QED) is 0.467. The Labute approximate surface area is 156 Å². The molecule has 1 heterocycles. The Morgan fingerprint density at radius 2 is 1.78 bits per heavy atom. The van der Waals surface area contributed by atoms with E-state index in [1.165, 1.54) is 0 Å². The highest BCUT2D eigenvalue weighted by Crippen LogP contribution is 2.08. The first-order valence-corrected chi connectivity index (χ1v) is 8.45. The van der Waals surface area contributed by atoms with E-state index >= 15 is 0 Å². The molecule has 0 radical (unpaired) electrons. The normalized spacial score (nSPS) is 16.4. The molecule has 0 saturated heterocycles. The van der Waals surface area contributed by atoms with E-state index in [0.29, 0.717) is 6.54 Å². The van der Waals surface area contributed by atoms with E-state index < -0.39 is 6.04 Å². The van der Waals surface area contributed by atoms with E-state index in [1.54, 1.807) is 0 Å². The molecule has 8 nitrogen and oxygen atoms in total. The number of nitrogens with zero attached hydrogens (tertiary/aromatic N) is 2. The summed E-state index contributed by atoms with van der Waals surface area (Å²) in [6, 6.07) is 18.0. The van der Waals surface area contributed by atoms with Gasteiger partial charge in [0, 0.05) is 12.2 Å². The number of para-hydroxylation sites is 1. The number of guanidine groups is 2. The summed E-state index contributed by atoms with van der Waals surface area (Å²) in [5.41, 5.74) is 7.56. The van der Waals surface area contributed by atoms with Gasteiger partial charge in [0.15, 0.2) is 0 Å². The lowest BCUT2D eigenvalue weighted by molar-refractivity contribution is -0.126. The number of anilines is 1. The highest BCUT2D eigenvalue weighted by Gasteiger charge is 2.28. The fourth-order valence-corrected chi connectivity index (χ4v) is 2.48.